The second-order valence-electron chi connectivity index (χ2n) is 6.98. The van der Waals surface area contributed by atoms with Gasteiger partial charge in [0.15, 0.2) is 5.96 Å². The highest BCUT2D eigenvalue weighted by atomic mass is 127. The second kappa shape index (κ2) is 12.6. The number of fused-ring (bicyclic) bond motifs is 1. The Morgan fingerprint density at radius 3 is 2.55 bits per heavy atom. The number of carbonyl (C=O) groups is 1. The minimum absolute atomic E-state index is 0. The van der Waals surface area contributed by atoms with Crippen LogP contribution in [0.2, 0.25) is 0 Å². The molecule has 31 heavy (non-hydrogen) atoms. The van der Waals surface area contributed by atoms with Crippen molar-refractivity contribution >= 4 is 63.0 Å². The lowest BCUT2D eigenvalue weighted by atomic mass is 10.1. The summed E-state index contributed by atoms with van der Waals surface area (Å²) < 4.78 is 1.17. The average molecular weight is 552 g/mol. The predicted molar refractivity (Wildman–Crippen MR) is 141 cm³/mol. The lowest BCUT2D eigenvalue weighted by Gasteiger charge is -2.13. The fourth-order valence-corrected chi connectivity index (χ4v) is 4.10. The molecule has 0 aliphatic heterocycles. The molecule has 1 atom stereocenters. The standard InChI is InChI=1S/C23H28N4O2S.HI/c1-3-24-23(25-13-12-17-8-10-19(11-9-17)27-16(2)28)26-15-20(29)22-14-18-6-4-5-7-21(18)30-22;/h4-11,14,20,29H,3,12-13,15H2,1-2H3,(H,27,28)(H2,24,25,26);1H. The summed E-state index contributed by atoms with van der Waals surface area (Å²) in [5.74, 6) is 0.612. The number of guanidine groups is 1. The van der Waals surface area contributed by atoms with E-state index in [0.717, 1.165) is 34.5 Å². The van der Waals surface area contributed by atoms with Crippen LogP contribution in [0, 0.1) is 0 Å². The molecule has 4 N–H and O–H groups in total. The van der Waals surface area contributed by atoms with E-state index in [0.29, 0.717) is 19.0 Å². The van der Waals surface area contributed by atoms with Crippen LogP contribution in [-0.4, -0.2) is 36.6 Å². The van der Waals surface area contributed by atoms with Crippen molar-refractivity contribution in [3.63, 3.8) is 0 Å². The van der Waals surface area contributed by atoms with E-state index in [4.69, 9.17) is 0 Å². The quantitative estimate of drug-likeness (QED) is 0.191. The van der Waals surface area contributed by atoms with E-state index in [1.165, 1.54) is 11.6 Å². The number of nitrogens with one attached hydrogen (secondary N) is 3. The molecule has 8 heteroatoms. The third-order valence-electron chi connectivity index (χ3n) is 4.52. The Hall–Kier alpha value is -2.17. The second-order valence-corrected chi connectivity index (χ2v) is 8.09. The van der Waals surface area contributed by atoms with E-state index in [1.54, 1.807) is 11.3 Å². The summed E-state index contributed by atoms with van der Waals surface area (Å²) in [6, 6.07) is 18.0. The van der Waals surface area contributed by atoms with Crippen LogP contribution in [0.5, 0.6) is 0 Å². The number of hydrogen-bond acceptors (Lipinski definition) is 4. The van der Waals surface area contributed by atoms with Gasteiger partial charge in [-0.25, -0.2) is 0 Å². The van der Waals surface area contributed by atoms with Gasteiger partial charge >= 0.3 is 0 Å². The molecular formula is C23H29IN4O2S. The number of nitrogens with zero attached hydrogens (tertiary/aromatic N) is 1. The molecule has 0 saturated carbocycles. The van der Waals surface area contributed by atoms with Crippen LogP contribution in [-0.2, 0) is 11.2 Å². The van der Waals surface area contributed by atoms with Crippen molar-refractivity contribution in [3.8, 4) is 0 Å². The largest absolute Gasteiger partial charge is 0.386 e. The zero-order valence-corrected chi connectivity index (χ0v) is 20.9. The highest BCUT2D eigenvalue weighted by Gasteiger charge is 2.11. The molecule has 166 valence electrons. The summed E-state index contributed by atoms with van der Waals surface area (Å²) in [4.78, 5) is 16.6. The first-order valence-electron chi connectivity index (χ1n) is 10.1. The number of benzene rings is 2. The number of amides is 1. The molecule has 1 unspecified atom stereocenters. The average Bonchev–Trinajstić information content (AvgIpc) is 3.17. The molecule has 0 bridgehead atoms. The lowest BCUT2D eigenvalue weighted by molar-refractivity contribution is -0.114. The highest BCUT2D eigenvalue weighted by molar-refractivity contribution is 14.0. The number of aliphatic imine (C=N–C) groups is 1. The normalized spacial score (nSPS) is 12.2. The van der Waals surface area contributed by atoms with Crippen molar-refractivity contribution in [1.82, 2.24) is 10.6 Å². The fourth-order valence-electron chi connectivity index (χ4n) is 3.06. The van der Waals surface area contributed by atoms with E-state index in [1.807, 2.05) is 49.4 Å². The molecule has 6 nitrogen and oxygen atoms in total. The Morgan fingerprint density at radius 1 is 1.13 bits per heavy atom. The first-order valence-corrected chi connectivity index (χ1v) is 10.9. The zero-order valence-electron chi connectivity index (χ0n) is 17.7. The van der Waals surface area contributed by atoms with E-state index in [2.05, 4.69) is 33.1 Å². The Labute approximate surface area is 204 Å². The molecule has 0 spiro atoms. The number of thiophene rings is 1. The van der Waals surface area contributed by atoms with E-state index >= 15 is 0 Å². The monoisotopic (exact) mass is 552 g/mol. The summed E-state index contributed by atoms with van der Waals surface area (Å²) in [5, 5.41) is 21.0. The van der Waals surface area contributed by atoms with Gasteiger partial charge in [-0.2, -0.15) is 0 Å². The Balaban J connectivity index is 0.00000341. The summed E-state index contributed by atoms with van der Waals surface area (Å²) >= 11 is 1.60. The Morgan fingerprint density at radius 2 is 1.87 bits per heavy atom. The fraction of sp³-hybridized carbons (Fsp3) is 0.304. The summed E-state index contributed by atoms with van der Waals surface area (Å²) in [7, 11) is 0. The molecule has 3 aromatic rings. The molecule has 0 aliphatic carbocycles. The number of rotatable bonds is 8. The maximum absolute atomic E-state index is 11.1. The summed E-state index contributed by atoms with van der Waals surface area (Å²) in [5.41, 5.74) is 1.96. The van der Waals surface area contributed by atoms with Gasteiger partial charge in [0.2, 0.25) is 5.91 Å². The summed E-state index contributed by atoms with van der Waals surface area (Å²) in [6.45, 7) is 5.27. The van der Waals surface area contributed by atoms with Crippen molar-refractivity contribution in [2.24, 2.45) is 4.99 Å². The molecule has 1 amide bonds. The van der Waals surface area contributed by atoms with Gasteiger partial charge in [0.05, 0.1) is 6.54 Å². The number of anilines is 1. The van der Waals surface area contributed by atoms with Gasteiger partial charge in [-0.05, 0) is 48.6 Å². The van der Waals surface area contributed by atoms with Crippen molar-refractivity contribution in [2.45, 2.75) is 26.4 Å². The molecule has 0 aliphatic rings. The van der Waals surface area contributed by atoms with Crippen molar-refractivity contribution in [3.05, 3.63) is 65.0 Å². The number of aliphatic hydroxyl groups excluding tert-OH is 1. The van der Waals surface area contributed by atoms with Crippen LogP contribution >= 0.6 is 35.3 Å². The number of halogens is 1. The van der Waals surface area contributed by atoms with Gasteiger partial charge in [0.25, 0.3) is 0 Å². The molecule has 0 radical (unpaired) electrons. The van der Waals surface area contributed by atoms with Crippen molar-refractivity contribution in [2.75, 3.05) is 25.0 Å². The lowest BCUT2D eigenvalue weighted by Crippen LogP contribution is -2.38. The van der Waals surface area contributed by atoms with E-state index < -0.39 is 6.10 Å². The number of aliphatic hydroxyl groups is 1. The molecular weight excluding hydrogens is 523 g/mol. The third kappa shape index (κ3) is 7.79. The van der Waals surface area contributed by atoms with Crippen molar-refractivity contribution < 1.29 is 9.90 Å². The van der Waals surface area contributed by atoms with Gasteiger partial charge in [-0.1, -0.05) is 30.3 Å². The Kier molecular flexibility index (Phi) is 10.2. The van der Waals surface area contributed by atoms with Crippen LogP contribution in [0.25, 0.3) is 10.1 Å². The van der Waals surface area contributed by atoms with Gasteiger partial charge < -0.3 is 21.1 Å². The molecule has 2 aromatic carbocycles. The van der Waals surface area contributed by atoms with E-state index in [9.17, 15) is 9.90 Å². The van der Waals surface area contributed by atoms with Gasteiger partial charge in [0.1, 0.15) is 6.10 Å². The molecule has 1 heterocycles. The third-order valence-corrected chi connectivity index (χ3v) is 5.74. The van der Waals surface area contributed by atoms with Gasteiger partial charge in [-0.3, -0.25) is 9.79 Å². The van der Waals surface area contributed by atoms with E-state index in [-0.39, 0.29) is 29.9 Å². The number of carbonyl (C=O) groups excluding carboxylic acids is 1. The van der Waals surface area contributed by atoms with Crippen LogP contribution in [0.1, 0.15) is 30.4 Å². The number of hydrogen-bond donors (Lipinski definition) is 4. The minimum Gasteiger partial charge on any atom is -0.386 e. The first kappa shape index (κ1) is 25.1. The minimum atomic E-state index is -0.626. The molecule has 3 rings (SSSR count). The molecule has 0 saturated heterocycles. The smallest absolute Gasteiger partial charge is 0.221 e. The SMILES string of the molecule is CCNC(=NCC(O)c1cc2ccccc2s1)NCCc1ccc(NC(C)=O)cc1.I. The topological polar surface area (TPSA) is 85.8 Å². The Bertz CT molecular complexity index is 971. The van der Waals surface area contributed by atoms with Crippen LogP contribution in [0.3, 0.4) is 0 Å². The first-order chi connectivity index (χ1) is 14.5. The van der Waals surface area contributed by atoms with Crippen LogP contribution in [0.4, 0.5) is 5.69 Å². The van der Waals surface area contributed by atoms with Crippen LogP contribution < -0.4 is 16.0 Å². The van der Waals surface area contributed by atoms with Crippen molar-refractivity contribution in [1.29, 1.82) is 0 Å². The van der Waals surface area contributed by atoms with Gasteiger partial charge in [0, 0.05) is 35.3 Å². The maximum atomic E-state index is 11.1. The van der Waals surface area contributed by atoms with Crippen LogP contribution in [0.15, 0.2) is 59.6 Å². The molecule has 1 aromatic heterocycles. The molecule has 0 fully saturated rings. The summed E-state index contributed by atoms with van der Waals surface area (Å²) in [6.07, 6.45) is 0.197. The highest BCUT2D eigenvalue weighted by Crippen LogP contribution is 2.29. The predicted octanol–water partition coefficient (Wildman–Crippen LogP) is 4.31. The van der Waals surface area contributed by atoms with Gasteiger partial charge in [-0.15, -0.1) is 35.3 Å². The zero-order chi connectivity index (χ0) is 21.3. The maximum Gasteiger partial charge on any atom is 0.221 e.